The molecule has 8 heteroatoms. The third-order valence-electron chi connectivity index (χ3n) is 3.72. The van der Waals surface area contributed by atoms with Crippen molar-refractivity contribution in [3.8, 4) is 5.75 Å². The molecule has 0 bridgehead atoms. The smallest absolute Gasteiger partial charge is 0.262 e. The van der Waals surface area contributed by atoms with Crippen LogP contribution in [0.2, 0.25) is 5.02 Å². The molecule has 2 rings (SSSR count). The van der Waals surface area contributed by atoms with Gasteiger partial charge in [-0.3, -0.25) is 9.48 Å². The quantitative estimate of drug-likeness (QED) is 0.739. The van der Waals surface area contributed by atoms with Crippen LogP contribution >= 0.6 is 11.6 Å². The largest absolute Gasteiger partial charge is 0.484 e. The third-order valence-corrected chi connectivity index (χ3v) is 4.01. The number of amides is 1. The minimum Gasteiger partial charge on any atom is -0.484 e. The van der Waals surface area contributed by atoms with Gasteiger partial charge in [-0.2, -0.15) is 5.10 Å². The van der Waals surface area contributed by atoms with Crippen LogP contribution in [0.25, 0.3) is 0 Å². The summed E-state index contributed by atoms with van der Waals surface area (Å²) < 4.78 is 20.1. The number of hydrogen-bond donors (Lipinski definition) is 1. The van der Waals surface area contributed by atoms with Crippen molar-refractivity contribution < 1.29 is 13.9 Å². The number of carbonyl (C=O) groups is 1. The molecule has 0 saturated carbocycles. The lowest BCUT2D eigenvalue weighted by atomic mass is 10.3. The first-order valence-corrected chi connectivity index (χ1v) is 8.52. The van der Waals surface area contributed by atoms with Crippen molar-refractivity contribution in [3.05, 3.63) is 41.4 Å². The molecule has 136 valence electrons. The highest BCUT2D eigenvalue weighted by Crippen LogP contribution is 2.21. The van der Waals surface area contributed by atoms with Gasteiger partial charge in [-0.1, -0.05) is 25.4 Å². The van der Waals surface area contributed by atoms with Gasteiger partial charge in [-0.25, -0.2) is 4.39 Å². The molecule has 0 saturated heterocycles. The summed E-state index contributed by atoms with van der Waals surface area (Å²) in [6.45, 7) is 7.67. The predicted molar refractivity (Wildman–Crippen MR) is 95.5 cm³/mol. The van der Waals surface area contributed by atoms with E-state index in [1.165, 1.54) is 18.2 Å². The standard InChI is InChI=1S/C17H22ClFN4O2/c1-3-22(4-2)7-8-23-11-13(10-20-23)21-17(24)12-25-14-5-6-16(19)15(18)9-14/h5-6,9-11H,3-4,7-8,12H2,1-2H3,(H,21,24). The van der Waals surface area contributed by atoms with E-state index in [0.717, 1.165) is 26.2 Å². The van der Waals surface area contributed by atoms with Crippen LogP contribution < -0.4 is 10.1 Å². The maximum Gasteiger partial charge on any atom is 0.262 e. The number of nitrogens with zero attached hydrogens (tertiary/aromatic N) is 3. The molecule has 0 aliphatic rings. The zero-order valence-electron chi connectivity index (χ0n) is 14.3. The van der Waals surface area contributed by atoms with E-state index in [0.29, 0.717) is 11.4 Å². The van der Waals surface area contributed by atoms with Crippen molar-refractivity contribution in [1.29, 1.82) is 0 Å². The number of carbonyl (C=O) groups excluding carboxylic acids is 1. The molecule has 2 aromatic rings. The topological polar surface area (TPSA) is 59.4 Å². The maximum absolute atomic E-state index is 13.1. The van der Waals surface area contributed by atoms with Gasteiger partial charge >= 0.3 is 0 Å². The Labute approximate surface area is 151 Å². The van der Waals surface area contributed by atoms with Crippen LogP contribution in [0.15, 0.2) is 30.6 Å². The number of hydrogen-bond acceptors (Lipinski definition) is 4. The molecule has 1 aromatic heterocycles. The van der Waals surface area contributed by atoms with E-state index in [1.807, 2.05) is 0 Å². The average molecular weight is 369 g/mol. The Morgan fingerprint density at radius 1 is 1.40 bits per heavy atom. The van der Waals surface area contributed by atoms with Gasteiger partial charge in [0.05, 0.1) is 23.5 Å². The third kappa shape index (κ3) is 6.03. The lowest BCUT2D eigenvalue weighted by Gasteiger charge is -2.17. The Balaban J connectivity index is 1.79. The second-order valence-corrected chi connectivity index (χ2v) is 5.84. The minimum atomic E-state index is -0.532. The van der Waals surface area contributed by atoms with Crippen LogP contribution in [0, 0.1) is 5.82 Å². The molecular formula is C17H22ClFN4O2. The molecule has 0 aliphatic carbocycles. The van der Waals surface area contributed by atoms with Gasteiger partial charge in [-0.05, 0) is 25.2 Å². The van der Waals surface area contributed by atoms with Crippen molar-refractivity contribution in [2.45, 2.75) is 20.4 Å². The highest BCUT2D eigenvalue weighted by molar-refractivity contribution is 6.30. The summed E-state index contributed by atoms with van der Waals surface area (Å²) in [4.78, 5) is 14.2. The minimum absolute atomic E-state index is 0.0487. The summed E-state index contributed by atoms with van der Waals surface area (Å²) in [6, 6.07) is 3.94. The number of likely N-dealkylation sites (N-methyl/N-ethyl adjacent to an activating group) is 1. The number of ether oxygens (including phenoxy) is 1. The van der Waals surface area contributed by atoms with Crippen LogP contribution in [-0.2, 0) is 11.3 Å². The number of benzene rings is 1. The van der Waals surface area contributed by atoms with E-state index in [1.54, 1.807) is 17.1 Å². The molecular weight excluding hydrogens is 347 g/mol. The van der Waals surface area contributed by atoms with E-state index in [4.69, 9.17) is 16.3 Å². The molecule has 25 heavy (non-hydrogen) atoms. The highest BCUT2D eigenvalue weighted by atomic mass is 35.5. The van der Waals surface area contributed by atoms with Gasteiger partial charge in [0, 0.05) is 18.8 Å². The van der Waals surface area contributed by atoms with Crippen LogP contribution in [0.5, 0.6) is 5.75 Å². The van der Waals surface area contributed by atoms with Gasteiger partial charge in [0.25, 0.3) is 5.91 Å². The summed E-state index contributed by atoms with van der Waals surface area (Å²) in [5, 5.41) is 6.88. The zero-order valence-corrected chi connectivity index (χ0v) is 15.1. The Hall–Kier alpha value is -2.12. The maximum atomic E-state index is 13.1. The van der Waals surface area contributed by atoms with Crippen LogP contribution in [0.1, 0.15) is 13.8 Å². The summed E-state index contributed by atoms with van der Waals surface area (Å²) in [7, 11) is 0. The van der Waals surface area contributed by atoms with Gasteiger partial charge < -0.3 is 15.0 Å². The lowest BCUT2D eigenvalue weighted by molar-refractivity contribution is -0.118. The fourth-order valence-corrected chi connectivity index (χ4v) is 2.42. The fourth-order valence-electron chi connectivity index (χ4n) is 2.25. The van der Waals surface area contributed by atoms with Crippen molar-refractivity contribution in [3.63, 3.8) is 0 Å². The van der Waals surface area contributed by atoms with Crippen molar-refractivity contribution in [2.75, 3.05) is 31.6 Å². The van der Waals surface area contributed by atoms with E-state index >= 15 is 0 Å². The zero-order chi connectivity index (χ0) is 18.2. The molecule has 0 atom stereocenters. The average Bonchev–Trinajstić information content (AvgIpc) is 3.04. The second kappa shape index (κ2) is 9.39. The van der Waals surface area contributed by atoms with E-state index in [9.17, 15) is 9.18 Å². The number of anilines is 1. The van der Waals surface area contributed by atoms with Crippen molar-refractivity contribution >= 4 is 23.2 Å². The molecule has 0 fully saturated rings. The highest BCUT2D eigenvalue weighted by Gasteiger charge is 2.08. The molecule has 6 nitrogen and oxygen atoms in total. The van der Waals surface area contributed by atoms with Gasteiger partial charge in [0.2, 0.25) is 0 Å². The monoisotopic (exact) mass is 368 g/mol. The SMILES string of the molecule is CCN(CC)CCn1cc(NC(=O)COc2ccc(F)c(Cl)c2)cn1. The molecule has 1 heterocycles. The molecule has 0 spiro atoms. The lowest BCUT2D eigenvalue weighted by Crippen LogP contribution is -2.27. The first-order chi connectivity index (χ1) is 12.0. The first kappa shape index (κ1) is 19.2. The Bertz CT molecular complexity index is 704. The van der Waals surface area contributed by atoms with Crippen LogP contribution in [0.4, 0.5) is 10.1 Å². The Kier molecular flexibility index (Phi) is 7.21. The molecule has 1 aromatic carbocycles. The first-order valence-electron chi connectivity index (χ1n) is 8.14. The van der Waals surface area contributed by atoms with Gasteiger partial charge in [-0.15, -0.1) is 0 Å². The number of halogens is 2. The predicted octanol–water partition coefficient (Wildman–Crippen LogP) is 3.03. The van der Waals surface area contributed by atoms with Crippen LogP contribution in [0.3, 0.4) is 0 Å². The Morgan fingerprint density at radius 3 is 2.84 bits per heavy atom. The number of nitrogens with one attached hydrogen (secondary N) is 1. The normalized spacial score (nSPS) is 10.9. The van der Waals surface area contributed by atoms with E-state index in [-0.39, 0.29) is 17.5 Å². The van der Waals surface area contributed by atoms with E-state index in [2.05, 4.69) is 29.2 Å². The van der Waals surface area contributed by atoms with Gasteiger partial charge in [0.1, 0.15) is 11.6 Å². The molecule has 1 N–H and O–H groups in total. The fraction of sp³-hybridized carbons (Fsp3) is 0.412. The molecule has 0 unspecified atom stereocenters. The summed E-state index contributed by atoms with van der Waals surface area (Å²) >= 11 is 5.66. The molecule has 0 radical (unpaired) electrons. The van der Waals surface area contributed by atoms with E-state index < -0.39 is 5.82 Å². The molecule has 1 amide bonds. The number of rotatable bonds is 9. The van der Waals surface area contributed by atoms with Crippen LogP contribution in [-0.4, -0.2) is 46.8 Å². The molecule has 0 aliphatic heterocycles. The summed E-state index contributed by atoms with van der Waals surface area (Å²) in [5.41, 5.74) is 0.602. The summed E-state index contributed by atoms with van der Waals surface area (Å²) in [6.07, 6.45) is 3.37. The Morgan fingerprint density at radius 2 is 2.16 bits per heavy atom. The number of aromatic nitrogens is 2. The summed E-state index contributed by atoms with van der Waals surface area (Å²) in [5.74, 6) is -0.532. The van der Waals surface area contributed by atoms with Crippen molar-refractivity contribution in [1.82, 2.24) is 14.7 Å². The second-order valence-electron chi connectivity index (χ2n) is 5.43. The van der Waals surface area contributed by atoms with Gasteiger partial charge in [0.15, 0.2) is 6.61 Å². The van der Waals surface area contributed by atoms with Crippen molar-refractivity contribution in [2.24, 2.45) is 0 Å².